The zero-order chi connectivity index (χ0) is 14.5. The molecule has 2 unspecified atom stereocenters. The van der Waals surface area contributed by atoms with Gasteiger partial charge < -0.3 is 9.64 Å². The molecule has 6 heteroatoms. The minimum Gasteiger partial charge on any atom is -0.444 e. The highest BCUT2D eigenvalue weighted by atomic mass is 16.6. The highest BCUT2D eigenvalue weighted by Crippen LogP contribution is 2.55. The number of amides is 1. The number of carbonyl (C=O) groups excluding carboxylic acids is 1. The second kappa shape index (κ2) is 3.98. The molecule has 2 aliphatic rings. The third-order valence-corrected chi connectivity index (χ3v) is 3.92. The molecule has 3 rings (SSSR count). The minimum atomic E-state index is -0.475. The van der Waals surface area contributed by atoms with Gasteiger partial charge in [0.25, 0.3) is 0 Å². The molecule has 0 N–H and O–H groups in total. The van der Waals surface area contributed by atoms with Gasteiger partial charge in [-0.3, -0.25) is 4.68 Å². The van der Waals surface area contributed by atoms with Crippen LogP contribution in [0.3, 0.4) is 0 Å². The molecule has 1 amide bonds. The molecule has 1 aliphatic heterocycles. The first kappa shape index (κ1) is 13.0. The molecule has 1 saturated heterocycles. The molecule has 106 valence electrons. The summed E-state index contributed by atoms with van der Waals surface area (Å²) in [6.45, 7) is 6.91. The SMILES string of the molecule is CC(C)(C)OC(=O)N1CC2CC2(n2cc(C#N)cn2)C1. The van der Waals surface area contributed by atoms with Gasteiger partial charge in [0, 0.05) is 25.2 Å². The first-order chi connectivity index (χ1) is 9.34. The molecule has 2 fully saturated rings. The van der Waals surface area contributed by atoms with Crippen molar-refractivity contribution in [2.24, 2.45) is 5.92 Å². The fraction of sp³-hybridized carbons (Fsp3) is 0.643. The van der Waals surface area contributed by atoms with Gasteiger partial charge in [-0.2, -0.15) is 10.4 Å². The Morgan fingerprint density at radius 1 is 1.60 bits per heavy atom. The number of nitriles is 1. The summed E-state index contributed by atoms with van der Waals surface area (Å²) in [6, 6.07) is 2.08. The Balaban J connectivity index is 1.72. The summed E-state index contributed by atoms with van der Waals surface area (Å²) in [5.74, 6) is 0.418. The van der Waals surface area contributed by atoms with Gasteiger partial charge in [0.2, 0.25) is 0 Å². The Kier molecular flexibility index (Phi) is 2.58. The Bertz CT molecular complexity index is 595. The van der Waals surface area contributed by atoms with E-state index in [4.69, 9.17) is 10.00 Å². The van der Waals surface area contributed by atoms with Crippen LogP contribution in [0.4, 0.5) is 4.79 Å². The van der Waals surface area contributed by atoms with Crippen molar-refractivity contribution in [2.75, 3.05) is 13.1 Å². The van der Waals surface area contributed by atoms with Crippen LogP contribution in [-0.2, 0) is 10.3 Å². The molecule has 0 spiro atoms. The topological polar surface area (TPSA) is 71.2 Å². The van der Waals surface area contributed by atoms with Crippen molar-refractivity contribution >= 4 is 6.09 Å². The summed E-state index contributed by atoms with van der Waals surface area (Å²) in [5, 5.41) is 13.1. The first-order valence-electron chi connectivity index (χ1n) is 6.77. The zero-order valence-corrected chi connectivity index (χ0v) is 12.0. The maximum Gasteiger partial charge on any atom is 0.410 e. The van der Waals surface area contributed by atoms with Crippen LogP contribution in [0.25, 0.3) is 0 Å². The van der Waals surface area contributed by atoms with Gasteiger partial charge in [0.1, 0.15) is 11.7 Å². The summed E-state index contributed by atoms with van der Waals surface area (Å²) in [6.07, 6.45) is 4.08. The van der Waals surface area contributed by atoms with Crippen LogP contribution in [0.1, 0.15) is 32.8 Å². The third-order valence-electron chi connectivity index (χ3n) is 3.92. The summed E-state index contributed by atoms with van der Waals surface area (Å²) >= 11 is 0. The van der Waals surface area contributed by atoms with E-state index < -0.39 is 5.60 Å². The second-order valence-corrected chi connectivity index (χ2v) is 6.65. The molecule has 2 atom stereocenters. The van der Waals surface area contributed by atoms with E-state index in [0.717, 1.165) is 6.42 Å². The van der Waals surface area contributed by atoms with Crippen LogP contribution in [0.15, 0.2) is 12.4 Å². The predicted octanol–water partition coefficient (Wildman–Crippen LogP) is 1.72. The number of fused-ring (bicyclic) bond motifs is 1. The monoisotopic (exact) mass is 274 g/mol. The van der Waals surface area contributed by atoms with Gasteiger partial charge in [-0.05, 0) is 27.2 Å². The molecule has 0 radical (unpaired) electrons. The van der Waals surface area contributed by atoms with Crippen molar-refractivity contribution in [3.8, 4) is 6.07 Å². The van der Waals surface area contributed by atoms with Crippen molar-refractivity contribution in [3.63, 3.8) is 0 Å². The third kappa shape index (κ3) is 2.03. The van der Waals surface area contributed by atoms with Gasteiger partial charge in [-0.1, -0.05) is 0 Å². The number of hydrogen-bond donors (Lipinski definition) is 0. The lowest BCUT2D eigenvalue weighted by atomic mass is 10.2. The van der Waals surface area contributed by atoms with E-state index in [1.807, 2.05) is 25.5 Å². The predicted molar refractivity (Wildman–Crippen MR) is 70.8 cm³/mol. The van der Waals surface area contributed by atoms with Gasteiger partial charge in [0.05, 0.1) is 17.3 Å². The van der Waals surface area contributed by atoms with E-state index in [0.29, 0.717) is 24.6 Å². The lowest BCUT2D eigenvalue weighted by Gasteiger charge is -2.26. The van der Waals surface area contributed by atoms with E-state index >= 15 is 0 Å². The van der Waals surface area contributed by atoms with Crippen molar-refractivity contribution < 1.29 is 9.53 Å². The molecule has 0 aromatic carbocycles. The van der Waals surface area contributed by atoms with Gasteiger partial charge in [-0.15, -0.1) is 0 Å². The van der Waals surface area contributed by atoms with E-state index in [-0.39, 0.29) is 11.6 Å². The van der Waals surface area contributed by atoms with Gasteiger partial charge in [0.15, 0.2) is 0 Å². The highest BCUT2D eigenvalue weighted by molar-refractivity contribution is 5.69. The number of hydrogen-bond acceptors (Lipinski definition) is 4. The van der Waals surface area contributed by atoms with Crippen LogP contribution in [0.2, 0.25) is 0 Å². The Hall–Kier alpha value is -2.03. The van der Waals surface area contributed by atoms with Crippen LogP contribution in [-0.4, -0.2) is 39.5 Å². The smallest absolute Gasteiger partial charge is 0.410 e. The van der Waals surface area contributed by atoms with Gasteiger partial charge in [-0.25, -0.2) is 4.79 Å². The summed E-state index contributed by atoms with van der Waals surface area (Å²) in [5.41, 5.74) is -0.0383. The van der Waals surface area contributed by atoms with Crippen molar-refractivity contribution in [1.29, 1.82) is 5.26 Å². The molecule has 1 aliphatic carbocycles. The number of rotatable bonds is 1. The highest BCUT2D eigenvalue weighted by Gasteiger charge is 2.63. The number of likely N-dealkylation sites (tertiary alicyclic amines) is 1. The first-order valence-corrected chi connectivity index (χ1v) is 6.77. The number of carbonyl (C=O) groups is 1. The molecule has 20 heavy (non-hydrogen) atoms. The van der Waals surface area contributed by atoms with Crippen LogP contribution < -0.4 is 0 Å². The Morgan fingerprint density at radius 3 is 2.95 bits per heavy atom. The number of aromatic nitrogens is 2. The van der Waals surface area contributed by atoms with Gasteiger partial charge >= 0.3 is 6.09 Å². The average Bonchev–Trinajstić information content (AvgIpc) is 2.79. The molecule has 2 heterocycles. The second-order valence-electron chi connectivity index (χ2n) is 6.65. The lowest BCUT2D eigenvalue weighted by molar-refractivity contribution is 0.0262. The molecule has 1 aromatic rings. The quantitative estimate of drug-likeness (QED) is 0.781. The minimum absolute atomic E-state index is 0.119. The summed E-state index contributed by atoms with van der Waals surface area (Å²) in [7, 11) is 0. The molecular formula is C14H18N4O2. The van der Waals surface area contributed by atoms with E-state index in [9.17, 15) is 4.79 Å². The molecule has 1 saturated carbocycles. The standard InChI is InChI=1S/C14H18N4O2/c1-13(2,3)20-12(19)17-8-11-4-14(11,9-17)18-7-10(5-15)6-16-18/h6-7,11H,4,8-9H2,1-3H3. The Morgan fingerprint density at radius 2 is 2.35 bits per heavy atom. The summed E-state index contributed by atoms with van der Waals surface area (Å²) < 4.78 is 7.25. The molecule has 6 nitrogen and oxygen atoms in total. The van der Waals surface area contributed by atoms with Crippen LogP contribution in [0.5, 0.6) is 0 Å². The zero-order valence-electron chi connectivity index (χ0n) is 12.0. The van der Waals surface area contributed by atoms with E-state index in [1.165, 1.54) is 0 Å². The number of piperidine rings is 1. The largest absolute Gasteiger partial charge is 0.444 e. The summed E-state index contributed by atoms with van der Waals surface area (Å²) in [4.78, 5) is 13.8. The van der Waals surface area contributed by atoms with Crippen molar-refractivity contribution in [1.82, 2.24) is 14.7 Å². The fourth-order valence-corrected chi connectivity index (χ4v) is 2.90. The average molecular weight is 274 g/mol. The Labute approximate surface area is 117 Å². The van der Waals surface area contributed by atoms with E-state index in [2.05, 4.69) is 11.2 Å². The molecule has 0 bridgehead atoms. The van der Waals surface area contributed by atoms with Crippen LogP contribution in [0, 0.1) is 17.2 Å². The number of ether oxygens (including phenoxy) is 1. The maximum absolute atomic E-state index is 12.1. The van der Waals surface area contributed by atoms with Crippen molar-refractivity contribution in [3.05, 3.63) is 18.0 Å². The number of nitrogens with zero attached hydrogens (tertiary/aromatic N) is 4. The molecule has 1 aromatic heterocycles. The fourth-order valence-electron chi connectivity index (χ4n) is 2.90. The van der Waals surface area contributed by atoms with Crippen LogP contribution >= 0.6 is 0 Å². The maximum atomic E-state index is 12.1. The van der Waals surface area contributed by atoms with E-state index in [1.54, 1.807) is 17.3 Å². The normalized spacial score (nSPS) is 27.9. The van der Waals surface area contributed by atoms with Crippen molar-refractivity contribution in [2.45, 2.75) is 38.3 Å². The molecular weight excluding hydrogens is 256 g/mol. The lowest BCUT2D eigenvalue weighted by Crippen LogP contribution is -2.38.